The smallest absolute Gasteiger partial charge is 0.0774 e. The van der Waals surface area contributed by atoms with Gasteiger partial charge in [0.05, 0.1) is 22.4 Å². The second kappa shape index (κ2) is 7.43. The molecule has 0 aliphatic heterocycles. The van der Waals surface area contributed by atoms with Gasteiger partial charge in [-0.2, -0.15) is 5.10 Å². The van der Waals surface area contributed by atoms with E-state index < -0.39 is 0 Å². The molecule has 1 N–H and O–H groups in total. The molecule has 21 heavy (non-hydrogen) atoms. The number of aryl methyl sites for hydroxylation is 2. The van der Waals surface area contributed by atoms with Crippen LogP contribution in [0.3, 0.4) is 0 Å². The first-order valence-electron chi connectivity index (χ1n) is 7.29. The van der Waals surface area contributed by atoms with E-state index in [9.17, 15) is 0 Å². The highest BCUT2D eigenvalue weighted by atomic mass is 79.9. The van der Waals surface area contributed by atoms with Crippen LogP contribution in [0.15, 0.2) is 28.9 Å². The monoisotopic (exact) mass is 369 g/mol. The molecule has 1 heterocycles. The van der Waals surface area contributed by atoms with Gasteiger partial charge in [-0.25, -0.2) is 0 Å². The molecule has 0 saturated carbocycles. The summed E-state index contributed by atoms with van der Waals surface area (Å²) >= 11 is 10.1. The van der Waals surface area contributed by atoms with Gasteiger partial charge in [-0.05, 0) is 59.9 Å². The van der Waals surface area contributed by atoms with E-state index >= 15 is 0 Å². The van der Waals surface area contributed by atoms with Crippen LogP contribution in [0.25, 0.3) is 0 Å². The summed E-state index contributed by atoms with van der Waals surface area (Å²) in [5.41, 5.74) is 3.38. The van der Waals surface area contributed by atoms with Crippen molar-refractivity contribution in [3.8, 4) is 0 Å². The first-order valence-corrected chi connectivity index (χ1v) is 8.46. The quantitative estimate of drug-likeness (QED) is 0.797. The minimum Gasteiger partial charge on any atom is -0.305 e. The van der Waals surface area contributed by atoms with Gasteiger partial charge in [-0.15, -0.1) is 0 Å². The molecule has 2 rings (SSSR count). The Hall–Kier alpha value is -0.840. The normalized spacial score (nSPS) is 12.6. The largest absolute Gasteiger partial charge is 0.305 e. The second-order valence-electron chi connectivity index (χ2n) is 5.11. The zero-order valence-electron chi connectivity index (χ0n) is 12.7. The van der Waals surface area contributed by atoms with Crippen molar-refractivity contribution in [2.24, 2.45) is 0 Å². The van der Waals surface area contributed by atoms with Crippen molar-refractivity contribution >= 4 is 27.5 Å². The van der Waals surface area contributed by atoms with Crippen LogP contribution in [0.1, 0.15) is 43.1 Å². The second-order valence-corrected chi connectivity index (χ2v) is 6.37. The molecule has 0 amide bonds. The maximum atomic E-state index is 6.48. The fourth-order valence-electron chi connectivity index (χ4n) is 2.42. The van der Waals surface area contributed by atoms with Crippen LogP contribution < -0.4 is 5.32 Å². The molecule has 114 valence electrons. The summed E-state index contributed by atoms with van der Waals surface area (Å²) in [7, 11) is 0. The summed E-state index contributed by atoms with van der Waals surface area (Å²) in [4.78, 5) is 0. The van der Waals surface area contributed by atoms with Crippen molar-refractivity contribution in [2.45, 2.75) is 39.8 Å². The van der Waals surface area contributed by atoms with E-state index in [0.29, 0.717) is 0 Å². The van der Waals surface area contributed by atoms with Crippen LogP contribution in [0, 0.1) is 6.92 Å². The molecule has 0 radical (unpaired) electrons. The molecule has 1 aromatic heterocycles. The zero-order chi connectivity index (χ0) is 15.4. The highest BCUT2D eigenvalue weighted by Crippen LogP contribution is 2.33. The Morgan fingerprint density at radius 2 is 2.14 bits per heavy atom. The molecule has 1 atom stereocenters. The number of aromatic nitrogens is 2. The van der Waals surface area contributed by atoms with Gasteiger partial charge in [0.15, 0.2) is 0 Å². The van der Waals surface area contributed by atoms with Gasteiger partial charge >= 0.3 is 0 Å². The molecule has 5 heteroatoms. The van der Waals surface area contributed by atoms with Crippen LogP contribution in [0.4, 0.5) is 0 Å². The topological polar surface area (TPSA) is 29.9 Å². The maximum Gasteiger partial charge on any atom is 0.0774 e. The van der Waals surface area contributed by atoms with Crippen molar-refractivity contribution in [3.05, 3.63) is 50.7 Å². The van der Waals surface area contributed by atoms with Crippen molar-refractivity contribution in [3.63, 3.8) is 0 Å². The lowest BCUT2D eigenvalue weighted by molar-refractivity contribution is 0.528. The molecule has 3 nitrogen and oxygen atoms in total. The fraction of sp³-hybridized carbons (Fsp3) is 0.438. The molecule has 1 unspecified atom stereocenters. The molecule has 0 aliphatic rings. The molecular formula is C16H21BrClN3. The van der Waals surface area contributed by atoms with Crippen molar-refractivity contribution in [2.75, 3.05) is 6.54 Å². The average Bonchev–Trinajstić information content (AvgIpc) is 2.82. The zero-order valence-corrected chi connectivity index (χ0v) is 15.0. The molecular weight excluding hydrogens is 350 g/mol. The Balaban J connectivity index is 2.49. The summed E-state index contributed by atoms with van der Waals surface area (Å²) in [5.74, 6) is 0. The van der Waals surface area contributed by atoms with Gasteiger partial charge in [0, 0.05) is 11.6 Å². The number of hydrogen-bond donors (Lipinski definition) is 1. The van der Waals surface area contributed by atoms with E-state index in [2.05, 4.69) is 59.2 Å². The molecule has 0 aliphatic carbocycles. The Morgan fingerprint density at radius 3 is 2.76 bits per heavy atom. The molecule has 2 aromatic rings. The predicted octanol–water partition coefficient (Wildman–Crippen LogP) is 4.72. The van der Waals surface area contributed by atoms with Crippen LogP contribution in [-0.4, -0.2) is 16.3 Å². The number of nitrogens with zero attached hydrogens (tertiary/aromatic N) is 2. The van der Waals surface area contributed by atoms with Crippen LogP contribution >= 0.6 is 27.5 Å². The minimum atomic E-state index is 0.0369. The highest BCUT2D eigenvalue weighted by molar-refractivity contribution is 9.10. The third-order valence-electron chi connectivity index (χ3n) is 3.47. The third kappa shape index (κ3) is 3.68. The van der Waals surface area contributed by atoms with Crippen molar-refractivity contribution < 1.29 is 0 Å². The van der Waals surface area contributed by atoms with Crippen molar-refractivity contribution in [1.82, 2.24) is 15.1 Å². The van der Waals surface area contributed by atoms with Crippen LogP contribution in [0.2, 0.25) is 5.02 Å². The van der Waals surface area contributed by atoms with Crippen molar-refractivity contribution in [1.29, 1.82) is 0 Å². The number of halogens is 2. The molecule has 0 saturated heterocycles. The Bertz CT molecular complexity index is 610. The van der Waals surface area contributed by atoms with Gasteiger partial charge < -0.3 is 5.32 Å². The van der Waals surface area contributed by atoms with E-state index in [4.69, 9.17) is 11.6 Å². The first kappa shape index (κ1) is 16.5. The Morgan fingerprint density at radius 1 is 1.38 bits per heavy atom. The Kier molecular flexibility index (Phi) is 5.85. The standard InChI is InChI=1S/C16H21BrClN3/c1-4-8-19-15(12-7-6-11(3)9-14(12)18)16-13(17)10-20-21(16)5-2/h6-7,9-10,15,19H,4-5,8H2,1-3H3. The van der Waals surface area contributed by atoms with E-state index in [1.165, 1.54) is 5.56 Å². The SMILES string of the molecule is CCCNC(c1ccc(C)cc1Cl)c1c(Br)cnn1CC. The lowest BCUT2D eigenvalue weighted by Gasteiger charge is -2.22. The lowest BCUT2D eigenvalue weighted by Crippen LogP contribution is -2.26. The summed E-state index contributed by atoms with van der Waals surface area (Å²) < 4.78 is 3.02. The van der Waals surface area contributed by atoms with Gasteiger partial charge in [0.1, 0.15) is 0 Å². The summed E-state index contributed by atoms with van der Waals surface area (Å²) in [6, 6.07) is 6.25. The Labute approximate surface area is 139 Å². The van der Waals surface area contributed by atoms with E-state index in [0.717, 1.165) is 40.3 Å². The van der Waals surface area contributed by atoms with Gasteiger partial charge in [0.25, 0.3) is 0 Å². The highest BCUT2D eigenvalue weighted by Gasteiger charge is 2.23. The molecule has 0 bridgehead atoms. The lowest BCUT2D eigenvalue weighted by atomic mass is 10.0. The maximum absolute atomic E-state index is 6.48. The molecule has 0 spiro atoms. The van der Waals surface area contributed by atoms with Gasteiger partial charge in [-0.3, -0.25) is 4.68 Å². The number of benzene rings is 1. The molecule has 0 fully saturated rings. The predicted molar refractivity (Wildman–Crippen MR) is 91.9 cm³/mol. The summed E-state index contributed by atoms with van der Waals surface area (Å²) in [5, 5.41) is 8.80. The van der Waals surface area contributed by atoms with Crippen LogP contribution in [-0.2, 0) is 6.54 Å². The number of rotatable bonds is 6. The first-order chi connectivity index (χ1) is 10.1. The third-order valence-corrected chi connectivity index (χ3v) is 4.41. The van der Waals surface area contributed by atoms with E-state index in [-0.39, 0.29) is 6.04 Å². The fourth-order valence-corrected chi connectivity index (χ4v) is 3.29. The number of hydrogen-bond acceptors (Lipinski definition) is 2. The number of nitrogens with one attached hydrogen (secondary N) is 1. The minimum absolute atomic E-state index is 0.0369. The van der Waals surface area contributed by atoms with Gasteiger partial charge in [0.2, 0.25) is 0 Å². The van der Waals surface area contributed by atoms with E-state index in [1.54, 1.807) is 0 Å². The average molecular weight is 371 g/mol. The summed E-state index contributed by atoms with van der Waals surface area (Å²) in [6.07, 6.45) is 2.92. The van der Waals surface area contributed by atoms with E-state index in [1.807, 2.05) is 16.9 Å². The van der Waals surface area contributed by atoms with Crippen LogP contribution in [0.5, 0.6) is 0 Å². The molecule has 1 aromatic carbocycles. The summed E-state index contributed by atoms with van der Waals surface area (Å²) in [6.45, 7) is 8.06. The van der Waals surface area contributed by atoms with Gasteiger partial charge in [-0.1, -0.05) is 30.7 Å².